The van der Waals surface area contributed by atoms with Crippen molar-refractivity contribution in [3.63, 3.8) is 0 Å². The third-order valence-electron chi connectivity index (χ3n) is 1.49. The summed E-state index contributed by atoms with van der Waals surface area (Å²) < 4.78 is 0. The summed E-state index contributed by atoms with van der Waals surface area (Å²) in [6, 6.07) is 3.48. The maximum atomic E-state index is 11.0. The van der Waals surface area contributed by atoms with E-state index in [2.05, 4.69) is 15.3 Å². The summed E-state index contributed by atoms with van der Waals surface area (Å²) in [6.45, 7) is 0. The molecule has 0 radical (unpaired) electrons. The Bertz CT molecular complexity index is 306. The van der Waals surface area contributed by atoms with Gasteiger partial charge in [-0.15, -0.1) is 12.4 Å². The van der Waals surface area contributed by atoms with Gasteiger partial charge in [0.1, 0.15) is 5.82 Å². The Morgan fingerprint density at radius 2 is 2.43 bits per heavy atom. The first kappa shape index (κ1) is 12.7. The highest BCUT2D eigenvalue weighted by Gasteiger charge is 2.05. The minimum Gasteiger partial charge on any atom is -0.383 e. The molecule has 14 heavy (non-hydrogen) atoms. The van der Waals surface area contributed by atoms with Crippen LogP contribution in [0.5, 0.6) is 0 Å². The molecule has 0 saturated carbocycles. The lowest BCUT2D eigenvalue weighted by molar-refractivity contribution is -0.130. The first-order chi connectivity index (χ1) is 6.24. The number of nitrogens with one attached hydrogen (secondary N) is 1. The highest BCUT2D eigenvalue weighted by atomic mass is 35.5. The molecule has 3 N–H and O–H groups in total. The highest BCUT2D eigenvalue weighted by Crippen LogP contribution is 2.06. The van der Waals surface area contributed by atoms with Crippen molar-refractivity contribution in [3.05, 3.63) is 23.9 Å². The van der Waals surface area contributed by atoms with Gasteiger partial charge in [-0.3, -0.25) is 9.63 Å². The Morgan fingerprint density at radius 3 is 3.00 bits per heavy atom. The zero-order valence-electron chi connectivity index (χ0n) is 7.69. The zero-order valence-corrected chi connectivity index (χ0v) is 8.50. The molecule has 0 spiro atoms. The number of hydrogen-bond donors (Lipinski definition) is 2. The number of rotatable bonds is 3. The number of nitrogen functional groups attached to an aromatic ring is 1. The maximum Gasteiger partial charge on any atom is 0.248 e. The predicted molar refractivity (Wildman–Crippen MR) is 54.8 cm³/mol. The molecule has 1 amide bonds. The van der Waals surface area contributed by atoms with Gasteiger partial charge in [-0.05, 0) is 6.07 Å². The van der Waals surface area contributed by atoms with Gasteiger partial charge in [0.15, 0.2) is 0 Å². The van der Waals surface area contributed by atoms with Gasteiger partial charge in [0.25, 0.3) is 0 Å². The van der Waals surface area contributed by atoms with Crippen molar-refractivity contribution in [2.45, 2.75) is 6.42 Å². The molecular formula is C8H12ClN3O2. The van der Waals surface area contributed by atoms with E-state index in [0.717, 1.165) is 0 Å². The van der Waals surface area contributed by atoms with E-state index in [1.54, 1.807) is 18.3 Å². The molecular weight excluding hydrogens is 206 g/mol. The lowest BCUT2D eigenvalue weighted by Gasteiger charge is -2.03. The van der Waals surface area contributed by atoms with Crippen molar-refractivity contribution in [3.8, 4) is 0 Å². The number of hydroxylamine groups is 1. The Balaban J connectivity index is 0.00000169. The summed E-state index contributed by atoms with van der Waals surface area (Å²) in [6.07, 6.45) is 1.75. The number of amides is 1. The third kappa shape index (κ3) is 3.59. The smallest absolute Gasteiger partial charge is 0.248 e. The van der Waals surface area contributed by atoms with Gasteiger partial charge in [0.2, 0.25) is 5.91 Å². The van der Waals surface area contributed by atoms with E-state index in [0.29, 0.717) is 11.4 Å². The average Bonchev–Trinajstić information content (AvgIpc) is 2.09. The lowest BCUT2D eigenvalue weighted by atomic mass is 10.2. The summed E-state index contributed by atoms with van der Waals surface area (Å²) >= 11 is 0. The van der Waals surface area contributed by atoms with Crippen LogP contribution in [-0.2, 0) is 16.1 Å². The summed E-state index contributed by atoms with van der Waals surface area (Å²) in [4.78, 5) is 19.3. The second-order valence-electron chi connectivity index (χ2n) is 2.45. The zero-order chi connectivity index (χ0) is 9.68. The Labute approximate surface area is 88.0 Å². The minimum atomic E-state index is -0.248. The molecule has 1 rings (SSSR count). The SMILES string of the molecule is CONC(=O)Cc1cccnc1N.Cl. The molecule has 0 atom stereocenters. The van der Waals surface area contributed by atoms with Gasteiger partial charge >= 0.3 is 0 Å². The molecule has 0 saturated heterocycles. The van der Waals surface area contributed by atoms with Crippen LogP contribution in [0, 0.1) is 0 Å². The van der Waals surface area contributed by atoms with Gasteiger partial charge in [0.05, 0.1) is 13.5 Å². The Kier molecular flexibility index (Phi) is 5.59. The van der Waals surface area contributed by atoms with Crippen LogP contribution in [0.3, 0.4) is 0 Å². The van der Waals surface area contributed by atoms with Crippen LogP contribution in [0.1, 0.15) is 5.56 Å². The van der Waals surface area contributed by atoms with Crippen molar-refractivity contribution < 1.29 is 9.63 Å². The second-order valence-corrected chi connectivity index (χ2v) is 2.45. The summed E-state index contributed by atoms with van der Waals surface area (Å²) in [7, 11) is 1.38. The number of halogens is 1. The van der Waals surface area contributed by atoms with Crippen LogP contribution in [-0.4, -0.2) is 18.0 Å². The monoisotopic (exact) mass is 217 g/mol. The number of carbonyl (C=O) groups excluding carboxylic acids is 1. The molecule has 0 aromatic carbocycles. The van der Waals surface area contributed by atoms with Gasteiger partial charge in [-0.1, -0.05) is 6.07 Å². The fourth-order valence-corrected chi connectivity index (χ4v) is 0.923. The number of aromatic nitrogens is 1. The molecule has 0 aliphatic heterocycles. The molecule has 0 unspecified atom stereocenters. The quantitative estimate of drug-likeness (QED) is 0.715. The number of pyridine rings is 1. The topological polar surface area (TPSA) is 77.2 Å². The van der Waals surface area contributed by atoms with E-state index in [9.17, 15) is 4.79 Å². The molecule has 0 aliphatic carbocycles. The van der Waals surface area contributed by atoms with Gasteiger partial charge in [-0.2, -0.15) is 0 Å². The van der Waals surface area contributed by atoms with Crippen LogP contribution >= 0.6 is 12.4 Å². The number of hydrogen-bond acceptors (Lipinski definition) is 4. The van der Waals surface area contributed by atoms with E-state index in [1.807, 2.05) is 0 Å². The fourth-order valence-electron chi connectivity index (χ4n) is 0.923. The van der Waals surface area contributed by atoms with Crippen molar-refractivity contribution >= 4 is 24.1 Å². The van der Waals surface area contributed by atoms with Gasteiger partial charge < -0.3 is 5.73 Å². The molecule has 1 heterocycles. The first-order valence-corrected chi connectivity index (χ1v) is 3.75. The molecule has 5 nitrogen and oxygen atoms in total. The van der Waals surface area contributed by atoms with E-state index >= 15 is 0 Å². The molecule has 6 heteroatoms. The van der Waals surface area contributed by atoms with Crippen LogP contribution in [0.4, 0.5) is 5.82 Å². The number of anilines is 1. The Morgan fingerprint density at radius 1 is 1.71 bits per heavy atom. The lowest BCUT2D eigenvalue weighted by Crippen LogP contribution is -2.24. The van der Waals surface area contributed by atoms with E-state index in [-0.39, 0.29) is 24.7 Å². The first-order valence-electron chi connectivity index (χ1n) is 3.75. The average molecular weight is 218 g/mol. The summed E-state index contributed by atoms with van der Waals surface area (Å²) in [5.74, 6) is 0.121. The molecule has 0 bridgehead atoms. The fraction of sp³-hybridized carbons (Fsp3) is 0.250. The van der Waals surface area contributed by atoms with Crippen molar-refractivity contribution in [1.82, 2.24) is 10.5 Å². The normalized spacial score (nSPS) is 8.93. The van der Waals surface area contributed by atoms with Crippen molar-refractivity contribution in [1.29, 1.82) is 0 Å². The van der Waals surface area contributed by atoms with Gasteiger partial charge in [-0.25, -0.2) is 10.5 Å². The van der Waals surface area contributed by atoms with Crippen LogP contribution in [0.15, 0.2) is 18.3 Å². The molecule has 0 fully saturated rings. The molecule has 1 aromatic heterocycles. The van der Waals surface area contributed by atoms with Crippen LogP contribution in [0.25, 0.3) is 0 Å². The van der Waals surface area contributed by atoms with Gasteiger partial charge in [0, 0.05) is 11.8 Å². The predicted octanol–water partition coefficient (Wildman–Crippen LogP) is 0.306. The Hall–Kier alpha value is -1.33. The summed E-state index contributed by atoms with van der Waals surface area (Å²) in [5, 5.41) is 0. The minimum absolute atomic E-state index is 0. The molecule has 0 aliphatic rings. The van der Waals surface area contributed by atoms with E-state index < -0.39 is 0 Å². The van der Waals surface area contributed by atoms with Crippen molar-refractivity contribution in [2.75, 3.05) is 12.8 Å². The third-order valence-corrected chi connectivity index (χ3v) is 1.49. The maximum absolute atomic E-state index is 11.0. The highest BCUT2D eigenvalue weighted by molar-refractivity contribution is 5.85. The van der Waals surface area contributed by atoms with Crippen molar-refractivity contribution in [2.24, 2.45) is 0 Å². The molecule has 78 valence electrons. The second kappa shape index (κ2) is 6.17. The number of nitrogens with two attached hydrogens (primary N) is 1. The number of carbonyl (C=O) groups is 1. The molecule has 1 aromatic rings. The van der Waals surface area contributed by atoms with Crippen LogP contribution < -0.4 is 11.2 Å². The van der Waals surface area contributed by atoms with Crippen LogP contribution in [0.2, 0.25) is 0 Å². The van der Waals surface area contributed by atoms with E-state index in [1.165, 1.54) is 7.11 Å². The number of nitrogens with zero attached hydrogens (tertiary/aromatic N) is 1. The summed E-state index contributed by atoms with van der Waals surface area (Å²) in [5.41, 5.74) is 8.42. The largest absolute Gasteiger partial charge is 0.383 e. The standard InChI is InChI=1S/C8H11N3O2.ClH/c1-13-11-7(12)5-6-3-2-4-10-8(6)9;/h2-4H,5H2,1H3,(H2,9,10)(H,11,12);1H. The van der Waals surface area contributed by atoms with E-state index in [4.69, 9.17) is 5.73 Å².